The highest BCUT2D eigenvalue weighted by molar-refractivity contribution is 6.07. The fourth-order valence-corrected chi connectivity index (χ4v) is 3.07. The number of hydrogen-bond acceptors (Lipinski definition) is 2. The summed E-state index contributed by atoms with van der Waals surface area (Å²) in [5.41, 5.74) is 8.95. The van der Waals surface area contributed by atoms with Gasteiger partial charge in [-0.25, -0.2) is 4.39 Å². The van der Waals surface area contributed by atoms with E-state index in [4.69, 9.17) is 5.73 Å². The van der Waals surface area contributed by atoms with Gasteiger partial charge < -0.3 is 16.0 Å². The molecule has 3 rings (SSSR count). The van der Waals surface area contributed by atoms with E-state index >= 15 is 0 Å². The summed E-state index contributed by atoms with van der Waals surface area (Å²) < 4.78 is 13.1. The first-order chi connectivity index (χ1) is 12.6. The van der Waals surface area contributed by atoms with Crippen molar-refractivity contribution < 1.29 is 9.18 Å². The summed E-state index contributed by atoms with van der Waals surface area (Å²) in [6, 6.07) is 12.2. The predicted octanol–water partition coefficient (Wildman–Crippen LogP) is 4.08. The van der Waals surface area contributed by atoms with E-state index in [1.165, 1.54) is 12.1 Å². The van der Waals surface area contributed by atoms with Gasteiger partial charge in [-0.1, -0.05) is 31.2 Å². The van der Waals surface area contributed by atoms with Crippen LogP contribution in [0.2, 0.25) is 0 Å². The van der Waals surface area contributed by atoms with Crippen LogP contribution in [-0.2, 0) is 0 Å². The van der Waals surface area contributed by atoms with Gasteiger partial charge in [0.25, 0.3) is 5.91 Å². The first kappa shape index (κ1) is 18.1. The molecular formula is C21H24FN3O. The van der Waals surface area contributed by atoms with Gasteiger partial charge in [-0.05, 0) is 54.6 Å². The van der Waals surface area contributed by atoms with Crippen LogP contribution in [0.3, 0.4) is 0 Å². The van der Waals surface area contributed by atoms with Crippen LogP contribution in [0.25, 0.3) is 22.0 Å². The Bertz CT molecular complexity index is 886. The molecule has 0 spiro atoms. The molecule has 0 aliphatic heterocycles. The summed E-state index contributed by atoms with van der Waals surface area (Å²) in [5.74, 6) is 0.0671. The van der Waals surface area contributed by atoms with E-state index in [9.17, 15) is 9.18 Å². The van der Waals surface area contributed by atoms with Crippen molar-refractivity contribution in [3.8, 4) is 11.1 Å². The molecule has 4 N–H and O–H groups in total. The normalized spacial score (nSPS) is 12.3. The van der Waals surface area contributed by atoms with Crippen LogP contribution < -0.4 is 11.1 Å². The van der Waals surface area contributed by atoms with Crippen molar-refractivity contribution in [2.24, 2.45) is 11.7 Å². The number of aromatic amines is 1. The molecular weight excluding hydrogens is 329 g/mol. The third-order valence-electron chi connectivity index (χ3n) is 4.62. The molecule has 0 bridgehead atoms. The Labute approximate surface area is 152 Å². The van der Waals surface area contributed by atoms with Crippen LogP contribution in [0.1, 0.15) is 30.1 Å². The molecule has 0 aliphatic carbocycles. The standard InChI is InChI=1S/C21H24FN3O/c1-14(3-2-10-23)12-25-21(26)19-13-24-20-11-16(6-9-18(19)20)15-4-7-17(22)8-5-15/h4-9,11,13-14,24H,2-3,10,12,23H2,1H3,(H,25,26)/t14-/m1/s1. The lowest BCUT2D eigenvalue weighted by Crippen LogP contribution is -2.28. The van der Waals surface area contributed by atoms with Gasteiger partial charge in [0.1, 0.15) is 5.82 Å². The number of fused-ring (bicyclic) bond motifs is 1. The van der Waals surface area contributed by atoms with Crippen molar-refractivity contribution in [3.05, 3.63) is 60.0 Å². The number of nitrogens with one attached hydrogen (secondary N) is 2. The summed E-state index contributed by atoms with van der Waals surface area (Å²) in [4.78, 5) is 15.7. The summed E-state index contributed by atoms with van der Waals surface area (Å²) in [6.07, 6.45) is 3.71. The number of halogens is 1. The van der Waals surface area contributed by atoms with E-state index in [2.05, 4.69) is 17.2 Å². The first-order valence-corrected chi connectivity index (χ1v) is 8.94. The zero-order valence-electron chi connectivity index (χ0n) is 14.9. The summed E-state index contributed by atoms with van der Waals surface area (Å²) in [7, 11) is 0. The van der Waals surface area contributed by atoms with Crippen molar-refractivity contribution in [1.29, 1.82) is 0 Å². The largest absolute Gasteiger partial charge is 0.360 e. The van der Waals surface area contributed by atoms with Crippen LogP contribution in [0.4, 0.5) is 4.39 Å². The Morgan fingerprint density at radius 3 is 2.65 bits per heavy atom. The molecule has 1 heterocycles. The Morgan fingerprint density at radius 2 is 1.92 bits per heavy atom. The number of carbonyl (C=O) groups excluding carboxylic acids is 1. The SMILES string of the molecule is C[C@H](CCCN)CNC(=O)c1c[nH]c2cc(-c3ccc(F)cc3)ccc12. The van der Waals surface area contributed by atoms with Gasteiger partial charge in [0.15, 0.2) is 0 Å². The molecule has 1 amide bonds. The van der Waals surface area contributed by atoms with Gasteiger partial charge >= 0.3 is 0 Å². The van der Waals surface area contributed by atoms with Crippen molar-refractivity contribution in [3.63, 3.8) is 0 Å². The van der Waals surface area contributed by atoms with E-state index in [1.807, 2.05) is 18.2 Å². The Balaban J connectivity index is 1.74. The Hall–Kier alpha value is -2.66. The molecule has 3 aromatic rings. The topological polar surface area (TPSA) is 70.9 Å². The minimum atomic E-state index is -0.255. The highest BCUT2D eigenvalue weighted by Crippen LogP contribution is 2.26. The second-order valence-corrected chi connectivity index (χ2v) is 6.72. The second-order valence-electron chi connectivity index (χ2n) is 6.72. The van der Waals surface area contributed by atoms with Crippen LogP contribution in [0.15, 0.2) is 48.7 Å². The van der Waals surface area contributed by atoms with Gasteiger partial charge in [-0.2, -0.15) is 0 Å². The molecule has 1 atom stereocenters. The van der Waals surface area contributed by atoms with Crippen molar-refractivity contribution in [2.45, 2.75) is 19.8 Å². The summed E-state index contributed by atoms with van der Waals surface area (Å²) >= 11 is 0. The average Bonchev–Trinajstić information content (AvgIpc) is 3.08. The third-order valence-corrected chi connectivity index (χ3v) is 4.62. The molecule has 0 aliphatic rings. The molecule has 136 valence electrons. The molecule has 0 unspecified atom stereocenters. The van der Waals surface area contributed by atoms with E-state index in [-0.39, 0.29) is 11.7 Å². The molecule has 2 aromatic carbocycles. The van der Waals surface area contributed by atoms with E-state index in [0.717, 1.165) is 34.9 Å². The van der Waals surface area contributed by atoms with Gasteiger partial charge in [0.2, 0.25) is 0 Å². The average molecular weight is 353 g/mol. The fourth-order valence-electron chi connectivity index (χ4n) is 3.07. The smallest absolute Gasteiger partial charge is 0.253 e. The van der Waals surface area contributed by atoms with E-state index < -0.39 is 0 Å². The van der Waals surface area contributed by atoms with Crippen LogP contribution in [0.5, 0.6) is 0 Å². The lowest BCUT2D eigenvalue weighted by atomic mass is 10.0. The van der Waals surface area contributed by atoms with Crippen LogP contribution >= 0.6 is 0 Å². The first-order valence-electron chi connectivity index (χ1n) is 8.94. The quantitative estimate of drug-likeness (QED) is 0.599. The lowest BCUT2D eigenvalue weighted by Gasteiger charge is -2.11. The number of H-pyrrole nitrogens is 1. The number of hydrogen-bond donors (Lipinski definition) is 3. The minimum absolute atomic E-state index is 0.0784. The second kappa shape index (κ2) is 8.15. The summed E-state index contributed by atoms with van der Waals surface area (Å²) in [6.45, 7) is 3.43. The number of carbonyl (C=O) groups is 1. The molecule has 26 heavy (non-hydrogen) atoms. The number of amides is 1. The maximum absolute atomic E-state index is 13.1. The molecule has 5 heteroatoms. The molecule has 0 radical (unpaired) electrons. The fraction of sp³-hybridized carbons (Fsp3) is 0.286. The third kappa shape index (κ3) is 4.11. The molecule has 4 nitrogen and oxygen atoms in total. The van der Waals surface area contributed by atoms with E-state index in [0.29, 0.717) is 24.6 Å². The lowest BCUT2D eigenvalue weighted by molar-refractivity contribution is 0.0949. The van der Waals surface area contributed by atoms with Crippen molar-refractivity contribution >= 4 is 16.8 Å². The maximum Gasteiger partial charge on any atom is 0.253 e. The Kier molecular flexibility index (Phi) is 5.68. The molecule has 0 saturated carbocycles. The van der Waals surface area contributed by atoms with Crippen molar-refractivity contribution in [1.82, 2.24) is 10.3 Å². The number of rotatable bonds is 7. The van der Waals surface area contributed by atoms with Crippen molar-refractivity contribution in [2.75, 3.05) is 13.1 Å². The monoisotopic (exact) mass is 353 g/mol. The minimum Gasteiger partial charge on any atom is -0.360 e. The molecule has 1 aromatic heterocycles. The Morgan fingerprint density at radius 1 is 1.19 bits per heavy atom. The molecule has 0 fully saturated rings. The van der Waals surface area contributed by atoms with Gasteiger partial charge in [0.05, 0.1) is 5.56 Å². The maximum atomic E-state index is 13.1. The zero-order chi connectivity index (χ0) is 18.5. The number of nitrogens with two attached hydrogens (primary N) is 1. The highest BCUT2D eigenvalue weighted by atomic mass is 19.1. The van der Waals surface area contributed by atoms with Crippen LogP contribution in [-0.4, -0.2) is 24.0 Å². The number of benzene rings is 2. The highest BCUT2D eigenvalue weighted by Gasteiger charge is 2.13. The van der Waals surface area contributed by atoms with Gasteiger partial charge in [0, 0.05) is 23.6 Å². The van der Waals surface area contributed by atoms with E-state index in [1.54, 1.807) is 18.3 Å². The van der Waals surface area contributed by atoms with Gasteiger partial charge in [-0.15, -0.1) is 0 Å². The summed E-state index contributed by atoms with van der Waals surface area (Å²) in [5, 5.41) is 3.87. The van der Waals surface area contributed by atoms with Gasteiger partial charge in [-0.3, -0.25) is 4.79 Å². The zero-order valence-corrected chi connectivity index (χ0v) is 14.9. The van der Waals surface area contributed by atoms with Crippen LogP contribution in [0, 0.1) is 11.7 Å². The predicted molar refractivity (Wildman–Crippen MR) is 103 cm³/mol. The number of aromatic nitrogens is 1. The molecule has 0 saturated heterocycles.